The number of likely N-dealkylation sites (tertiary alicyclic amines) is 1. The maximum Gasteiger partial charge on any atom is 0.490 e. The first-order valence-corrected chi connectivity index (χ1v) is 18.7. The Kier molecular flexibility index (Phi) is 12.4. The summed E-state index contributed by atoms with van der Waals surface area (Å²) >= 11 is 5.95. The number of carbonyl (C=O) groups is 2. The van der Waals surface area contributed by atoms with E-state index >= 15 is 8.78 Å². The van der Waals surface area contributed by atoms with Gasteiger partial charge in [0.25, 0.3) is 11.8 Å². The molecule has 0 aromatic heterocycles. The van der Waals surface area contributed by atoms with E-state index in [2.05, 4.69) is 0 Å². The quantitative estimate of drug-likeness (QED) is 0.147. The average Bonchev–Trinajstić information content (AvgIpc) is 3.64. The second-order valence-corrected chi connectivity index (χ2v) is 15.3. The molecule has 9 nitrogen and oxygen atoms in total. The number of rotatable bonds is 9. The van der Waals surface area contributed by atoms with E-state index in [1.165, 1.54) is 30.3 Å². The van der Waals surface area contributed by atoms with Crippen LogP contribution in [0, 0.1) is 0 Å². The SMILES string of the molecule is N[C@H]1CCN(C(=O)[C@H](NS(=O)(=O)c2ccc3cc(OC4CCCC4)ccc3c2)C(F)(F)c2ccc(-c3ccc(Cl)cc3)cc2)CC1(F)F.O=C(O)C(F)(F)F. The number of fused-ring (bicyclic) bond motifs is 1. The number of carbonyl (C=O) groups excluding carboxylic acids is 1. The summed E-state index contributed by atoms with van der Waals surface area (Å²) in [5.41, 5.74) is 6.07. The van der Waals surface area contributed by atoms with E-state index in [0.717, 1.165) is 37.8 Å². The van der Waals surface area contributed by atoms with Gasteiger partial charge in [-0.05, 0) is 90.4 Å². The number of aliphatic carboxylic acids is 1. The fourth-order valence-corrected chi connectivity index (χ4v) is 7.52. The maximum absolute atomic E-state index is 16.4. The Hall–Kier alpha value is -4.45. The van der Waals surface area contributed by atoms with Gasteiger partial charge in [0, 0.05) is 17.1 Å². The third-order valence-electron chi connectivity index (χ3n) is 9.24. The lowest BCUT2D eigenvalue weighted by Gasteiger charge is -2.39. The highest BCUT2D eigenvalue weighted by Crippen LogP contribution is 2.37. The number of nitrogens with two attached hydrogens (primary N) is 1. The van der Waals surface area contributed by atoms with Crippen molar-refractivity contribution in [3.8, 4) is 16.9 Å². The lowest BCUT2D eigenvalue weighted by Crippen LogP contribution is -2.62. The molecule has 0 unspecified atom stereocenters. The third-order valence-corrected chi connectivity index (χ3v) is 10.9. The van der Waals surface area contributed by atoms with E-state index in [9.17, 15) is 35.2 Å². The van der Waals surface area contributed by atoms with Crippen LogP contribution in [0.1, 0.15) is 37.7 Å². The predicted octanol–water partition coefficient (Wildman–Crippen LogP) is 7.75. The van der Waals surface area contributed by atoms with Gasteiger partial charge in [-0.2, -0.15) is 26.7 Å². The molecule has 1 amide bonds. The summed E-state index contributed by atoms with van der Waals surface area (Å²) in [5, 5.41) is 8.77. The van der Waals surface area contributed by atoms with Gasteiger partial charge >= 0.3 is 12.1 Å². The smallest absolute Gasteiger partial charge is 0.490 e. The number of carboxylic acids is 1. The summed E-state index contributed by atoms with van der Waals surface area (Å²) < 4.78 is 129. The van der Waals surface area contributed by atoms with Crippen molar-refractivity contribution in [3.63, 3.8) is 0 Å². The molecule has 0 bridgehead atoms. The Morgan fingerprint density at radius 2 is 1.42 bits per heavy atom. The number of sulfonamides is 1. The zero-order valence-corrected chi connectivity index (χ0v) is 30.3. The van der Waals surface area contributed by atoms with Crippen LogP contribution in [0.5, 0.6) is 5.75 Å². The molecule has 0 radical (unpaired) electrons. The molecular weight excluding hydrogens is 783 g/mol. The van der Waals surface area contributed by atoms with Gasteiger partial charge in [-0.1, -0.05) is 60.1 Å². The minimum atomic E-state index is -5.08. The van der Waals surface area contributed by atoms with Crippen LogP contribution in [0.2, 0.25) is 5.02 Å². The second kappa shape index (κ2) is 16.3. The van der Waals surface area contributed by atoms with Gasteiger partial charge in [0.2, 0.25) is 15.9 Å². The summed E-state index contributed by atoms with van der Waals surface area (Å²) in [5.74, 6) is -11.3. The van der Waals surface area contributed by atoms with Crippen molar-refractivity contribution in [1.82, 2.24) is 9.62 Å². The largest absolute Gasteiger partial charge is 0.490 e. The number of nitrogens with one attached hydrogen (secondary N) is 1. The summed E-state index contributed by atoms with van der Waals surface area (Å²) in [4.78, 5) is 22.7. The normalized spacial score (nSPS) is 18.3. The summed E-state index contributed by atoms with van der Waals surface area (Å²) in [6.45, 7) is -1.57. The Bertz CT molecular complexity index is 2110. The number of benzene rings is 4. The molecule has 55 heavy (non-hydrogen) atoms. The molecule has 0 spiro atoms. The number of halogens is 8. The fourth-order valence-electron chi connectivity index (χ4n) is 6.17. The van der Waals surface area contributed by atoms with Crippen LogP contribution < -0.4 is 15.2 Å². The summed E-state index contributed by atoms with van der Waals surface area (Å²) in [6, 6.07) is 16.5. The fraction of sp³-hybridized carbons (Fsp3) is 0.351. The van der Waals surface area contributed by atoms with E-state index in [1.807, 2.05) is 4.72 Å². The van der Waals surface area contributed by atoms with E-state index in [4.69, 9.17) is 32.0 Å². The molecule has 1 aliphatic heterocycles. The predicted molar refractivity (Wildman–Crippen MR) is 190 cm³/mol. The number of hydrogen-bond acceptors (Lipinski definition) is 6. The van der Waals surface area contributed by atoms with Crippen LogP contribution in [0.4, 0.5) is 30.7 Å². The van der Waals surface area contributed by atoms with Gasteiger partial charge in [0.15, 0.2) is 6.04 Å². The molecule has 2 aliphatic rings. The molecule has 1 aliphatic carbocycles. The molecule has 4 N–H and O–H groups in total. The lowest BCUT2D eigenvalue weighted by molar-refractivity contribution is -0.192. The molecule has 4 aromatic rings. The minimum Gasteiger partial charge on any atom is -0.490 e. The number of ether oxygens (including phenoxy) is 1. The van der Waals surface area contributed by atoms with Crippen LogP contribution in [0.25, 0.3) is 21.9 Å². The first kappa shape index (κ1) is 41.7. The summed E-state index contributed by atoms with van der Waals surface area (Å²) in [6.07, 6.45) is -1.21. The first-order valence-electron chi connectivity index (χ1n) is 16.9. The Labute approximate surface area is 316 Å². The van der Waals surface area contributed by atoms with Crippen molar-refractivity contribution in [2.75, 3.05) is 13.1 Å². The maximum atomic E-state index is 16.4. The Morgan fingerprint density at radius 3 is 1.98 bits per heavy atom. The first-order chi connectivity index (χ1) is 25.7. The number of nitrogens with zero attached hydrogens (tertiary/aromatic N) is 1. The van der Waals surface area contributed by atoms with E-state index in [0.29, 0.717) is 37.6 Å². The molecule has 1 saturated heterocycles. The van der Waals surface area contributed by atoms with Crippen LogP contribution >= 0.6 is 11.6 Å². The van der Waals surface area contributed by atoms with E-state index in [1.54, 1.807) is 42.5 Å². The number of piperidine rings is 1. The highest BCUT2D eigenvalue weighted by atomic mass is 35.5. The van der Waals surface area contributed by atoms with Crippen molar-refractivity contribution in [2.24, 2.45) is 5.73 Å². The van der Waals surface area contributed by atoms with Crippen LogP contribution in [-0.4, -0.2) is 73.7 Å². The van der Waals surface area contributed by atoms with Crippen molar-refractivity contribution in [1.29, 1.82) is 0 Å². The van der Waals surface area contributed by atoms with Crippen LogP contribution in [0.15, 0.2) is 89.8 Å². The minimum absolute atomic E-state index is 0.117. The molecule has 296 valence electrons. The average molecular weight is 818 g/mol. The highest BCUT2D eigenvalue weighted by Gasteiger charge is 2.52. The number of carboxylic acid groups (broad SMARTS) is 1. The number of hydrogen-bond donors (Lipinski definition) is 3. The number of alkyl halides is 7. The molecule has 1 saturated carbocycles. The van der Waals surface area contributed by atoms with Crippen LogP contribution in [0.3, 0.4) is 0 Å². The Balaban J connectivity index is 0.000000757. The van der Waals surface area contributed by atoms with Crippen LogP contribution in [-0.2, 0) is 25.5 Å². The van der Waals surface area contributed by atoms with Gasteiger partial charge in [-0.25, -0.2) is 22.0 Å². The number of amides is 1. The van der Waals surface area contributed by atoms with Crippen molar-refractivity contribution in [2.45, 2.75) is 73.2 Å². The zero-order valence-electron chi connectivity index (χ0n) is 28.7. The molecule has 18 heteroatoms. The van der Waals surface area contributed by atoms with Gasteiger partial charge in [0.05, 0.1) is 23.6 Å². The molecule has 6 rings (SSSR count). The zero-order chi connectivity index (χ0) is 40.3. The van der Waals surface area contributed by atoms with Gasteiger partial charge in [-0.3, -0.25) is 4.79 Å². The third kappa shape index (κ3) is 10.1. The second-order valence-electron chi connectivity index (χ2n) is 13.2. The molecular formula is C37H35ClF7N3O6S. The molecule has 2 fully saturated rings. The van der Waals surface area contributed by atoms with E-state index in [-0.39, 0.29) is 24.0 Å². The van der Waals surface area contributed by atoms with Gasteiger partial charge < -0.3 is 20.5 Å². The van der Waals surface area contributed by atoms with Crippen molar-refractivity contribution >= 4 is 44.3 Å². The topological polar surface area (TPSA) is 139 Å². The summed E-state index contributed by atoms with van der Waals surface area (Å²) in [7, 11) is -4.78. The van der Waals surface area contributed by atoms with Crippen molar-refractivity contribution in [3.05, 3.63) is 95.5 Å². The van der Waals surface area contributed by atoms with Gasteiger partial charge in [0.1, 0.15) is 5.75 Å². The molecule has 4 aromatic carbocycles. The standard InChI is InChI=1S/C35H34ClF4N3O4S.C2HF3O2/c36-27-13-7-23(8-14-27)22-5-11-26(12-6-22)35(39,40)32(33(44)43-18-17-31(41)34(37,38)21-43)42-48(45,46)30-16-10-24-19-29(15-9-25(24)20-30)47-28-3-1-2-4-28;3-2(4,5)1(6)7/h5-16,19-20,28,31-32,42H,1-4,17-18,21,41H2;(H,6,7)/t31-,32-;/m0./s1. The highest BCUT2D eigenvalue weighted by molar-refractivity contribution is 7.89. The van der Waals surface area contributed by atoms with Crippen molar-refractivity contribution < 1.29 is 58.6 Å². The molecule has 2 atom stereocenters. The Morgan fingerprint density at radius 1 is 0.873 bits per heavy atom. The lowest BCUT2D eigenvalue weighted by atomic mass is 9.95. The molecule has 1 heterocycles. The monoisotopic (exact) mass is 817 g/mol. The van der Waals surface area contributed by atoms with E-state index < -0.39 is 64.1 Å². The van der Waals surface area contributed by atoms with Gasteiger partial charge in [-0.15, -0.1) is 0 Å².